The minimum atomic E-state index is 0.555. The van der Waals surface area contributed by atoms with Gasteiger partial charge in [0.15, 0.2) is 0 Å². The van der Waals surface area contributed by atoms with Gasteiger partial charge in [0.1, 0.15) is 5.82 Å². The molecule has 1 aliphatic heterocycles. The van der Waals surface area contributed by atoms with E-state index in [9.17, 15) is 0 Å². The molecule has 18 heavy (non-hydrogen) atoms. The van der Waals surface area contributed by atoms with Crippen LogP contribution >= 0.6 is 11.8 Å². The van der Waals surface area contributed by atoms with Gasteiger partial charge in [0.05, 0.1) is 18.2 Å². The quantitative estimate of drug-likeness (QED) is 0.901. The molecule has 0 atom stereocenters. The van der Waals surface area contributed by atoms with Gasteiger partial charge in [-0.3, -0.25) is 0 Å². The average molecular weight is 260 g/mol. The van der Waals surface area contributed by atoms with Crippen molar-refractivity contribution in [1.29, 1.82) is 0 Å². The molecule has 2 N–H and O–H groups in total. The van der Waals surface area contributed by atoms with E-state index in [-0.39, 0.29) is 0 Å². The highest BCUT2D eigenvalue weighted by atomic mass is 32.2. The van der Waals surface area contributed by atoms with E-state index in [1.54, 1.807) is 6.20 Å². The molecule has 1 aliphatic rings. The van der Waals surface area contributed by atoms with Gasteiger partial charge < -0.3 is 10.3 Å². The Morgan fingerprint density at radius 2 is 2.17 bits per heavy atom. The number of anilines is 1. The number of nitrogens with zero attached hydrogens (tertiary/aromatic N) is 3. The van der Waals surface area contributed by atoms with Crippen molar-refractivity contribution in [3.63, 3.8) is 0 Å². The molecule has 0 amide bonds. The van der Waals surface area contributed by atoms with E-state index >= 15 is 0 Å². The summed E-state index contributed by atoms with van der Waals surface area (Å²) in [6.45, 7) is 0. The molecule has 0 saturated carbocycles. The number of imidazole rings is 1. The maximum absolute atomic E-state index is 5.75. The minimum Gasteiger partial charge on any atom is -0.384 e. The molecule has 0 aliphatic carbocycles. The number of nitrogens with two attached hydrogens (primary N) is 1. The second-order valence-electron chi connectivity index (χ2n) is 4.50. The molecule has 2 aromatic rings. The lowest BCUT2D eigenvalue weighted by molar-refractivity contribution is 0.473. The molecular weight excluding hydrogens is 244 g/mol. The summed E-state index contributed by atoms with van der Waals surface area (Å²) in [5, 5.41) is 0. The lowest BCUT2D eigenvalue weighted by Gasteiger charge is -2.24. The van der Waals surface area contributed by atoms with E-state index < -0.39 is 0 Å². The summed E-state index contributed by atoms with van der Waals surface area (Å²) >= 11 is 2.04. The van der Waals surface area contributed by atoms with Crippen LogP contribution in [-0.2, 0) is 0 Å². The third kappa shape index (κ3) is 2.22. The van der Waals surface area contributed by atoms with Crippen LogP contribution in [0, 0.1) is 0 Å². The normalized spacial score (nSPS) is 16.9. The van der Waals surface area contributed by atoms with Crippen LogP contribution in [0.3, 0.4) is 0 Å². The van der Waals surface area contributed by atoms with E-state index in [1.165, 1.54) is 24.3 Å². The van der Waals surface area contributed by atoms with Gasteiger partial charge in [-0.25, -0.2) is 9.97 Å². The topological polar surface area (TPSA) is 56.7 Å². The molecule has 0 unspecified atom stereocenters. The van der Waals surface area contributed by atoms with E-state index in [4.69, 9.17) is 5.73 Å². The Morgan fingerprint density at radius 3 is 2.94 bits per heavy atom. The molecule has 3 heterocycles. The predicted molar refractivity (Wildman–Crippen MR) is 75.5 cm³/mol. The van der Waals surface area contributed by atoms with Crippen molar-refractivity contribution in [3.05, 3.63) is 30.9 Å². The molecule has 4 nitrogen and oxygen atoms in total. The molecule has 94 valence electrons. The van der Waals surface area contributed by atoms with Crippen molar-refractivity contribution < 1.29 is 0 Å². The van der Waals surface area contributed by atoms with Crippen LogP contribution in [0.1, 0.15) is 18.9 Å². The van der Waals surface area contributed by atoms with Crippen LogP contribution in [-0.4, -0.2) is 26.0 Å². The zero-order valence-electron chi connectivity index (χ0n) is 10.1. The third-order valence-corrected chi connectivity index (χ3v) is 4.38. The first-order valence-corrected chi connectivity index (χ1v) is 7.31. The molecule has 0 spiro atoms. The van der Waals surface area contributed by atoms with E-state index in [0.29, 0.717) is 11.9 Å². The lowest BCUT2D eigenvalue weighted by atomic mass is 10.1. The van der Waals surface area contributed by atoms with Gasteiger partial charge in [-0.2, -0.15) is 11.8 Å². The molecule has 5 heteroatoms. The molecule has 0 aromatic carbocycles. The van der Waals surface area contributed by atoms with Crippen LogP contribution in [0.4, 0.5) is 5.82 Å². The largest absolute Gasteiger partial charge is 0.384 e. The van der Waals surface area contributed by atoms with Gasteiger partial charge in [0, 0.05) is 17.8 Å². The maximum atomic E-state index is 5.75. The Balaban J connectivity index is 1.95. The first-order chi connectivity index (χ1) is 8.84. The number of hydrogen-bond acceptors (Lipinski definition) is 4. The minimum absolute atomic E-state index is 0.555. The van der Waals surface area contributed by atoms with Gasteiger partial charge in [0.25, 0.3) is 0 Å². The van der Waals surface area contributed by atoms with Crippen LogP contribution in [0.25, 0.3) is 11.3 Å². The summed E-state index contributed by atoms with van der Waals surface area (Å²) in [6.07, 6.45) is 8.03. The molecule has 1 fully saturated rings. The Hall–Kier alpha value is -1.49. The highest BCUT2D eigenvalue weighted by molar-refractivity contribution is 7.99. The van der Waals surface area contributed by atoms with Crippen molar-refractivity contribution >= 4 is 17.6 Å². The van der Waals surface area contributed by atoms with Crippen LogP contribution < -0.4 is 5.73 Å². The third-order valence-electron chi connectivity index (χ3n) is 3.33. The summed E-state index contributed by atoms with van der Waals surface area (Å²) < 4.78 is 2.29. The first-order valence-electron chi connectivity index (χ1n) is 6.16. The molecule has 3 rings (SSSR count). The number of aromatic nitrogens is 3. The van der Waals surface area contributed by atoms with E-state index in [2.05, 4.69) is 14.5 Å². The first kappa shape index (κ1) is 11.6. The summed E-state index contributed by atoms with van der Waals surface area (Å²) in [4.78, 5) is 8.33. The SMILES string of the molecule is Nc1cc(-c2cncn2C2CCSCC2)ccn1. The van der Waals surface area contributed by atoms with Crippen LogP contribution in [0.5, 0.6) is 0 Å². The van der Waals surface area contributed by atoms with Gasteiger partial charge >= 0.3 is 0 Å². The Labute approximate surface area is 111 Å². The second-order valence-corrected chi connectivity index (χ2v) is 5.72. The zero-order valence-corrected chi connectivity index (χ0v) is 10.9. The monoisotopic (exact) mass is 260 g/mol. The summed E-state index contributed by atoms with van der Waals surface area (Å²) in [6, 6.07) is 4.46. The Bertz CT molecular complexity index is 531. The zero-order chi connectivity index (χ0) is 12.4. The summed E-state index contributed by atoms with van der Waals surface area (Å²) in [5.74, 6) is 3.03. The van der Waals surface area contributed by atoms with Crippen molar-refractivity contribution in [2.24, 2.45) is 0 Å². The van der Waals surface area contributed by atoms with Gasteiger partial charge in [-0.15, -0.1) is 0 Å². The second kappa shape index (κ2) is 5.02. The molecule has 1 saturated heterocycles. The van der Waals surface area contributed by atoms with E-state index in [1.807, 2.05) is 36.4 Å². The highest BCUT2D eigenvalue weighted by Gasteiger charge is 2.18. The fourth-order valence-electron chi connectivity index (χ4n) is 2.39. The lowest BCUT2D eigenvalue weighted by Crippen LogP contribution is -2.15. The number of nitrogen functional groups attached to an aromatic ring is 1. The van der Waals surface area contributed by atoms with E-state index in [0.717, 1.165) is 11.3 Å². The smallest absolute Gasteiger partial charge is 0.123 e. The van der Waals surface area contributed by atoms with Crippen molar-refractivity contribution in [3.8, 4) is 11.3 Å². The highest BCUT2D eigenvalue weighted by Crippen LogP contribution is 2.31. The fourth-order valence-corrected chi connectivity index (χ4v) is 3.47. The average Bonchev–Trinajstić information content (AvgIpc) is 2.89. The van der Waals surface area contributed by atoms with Crippen LogP contribution in [0.15, 0.2) is 30.9 Å². The molecular formula is C13H16N4S. The Kier molecular flexibility index (Phi) is 3.23. The molecule has 0 radical (unpaired) electrons. The maximum Gasteiger partial charge on any atom is 0.123 e. The van der Waals surface area contributed by atoms with Crippen LogP contribution in [0.2, 0.25) is 0 Å². The number of hydrogen-bond donors (Lipinski definition) is 1. The fraction of sp³-hybridized carbons (Fsp3) is 0.385. The van der Waals surface area contributed by atoms with Crippen molar-refractivity contribution in [1.82, 2.24) is 14.5 Å². The molecule has 0 bridgehead atoms. The molecule has 2 aromatic heterocycles. The standard InChI is InChI=1S/C13H16N4S/c14-13-7-10(1-4-16-13)12-8-15-9-17(12)11-2-5-18-6-3-11/h1,4,7-9,11H,2-3,5-6H2,(H2,14,16). The van der Waals surface area contributed by atoms with Gasteiger partial charge in [-0.1, -0.05) is 0 Å². The van der Waals surface area contributed by atoms with Gasteiger partial charge in [-0.05, 0) is 36.5 Å². The van der Waals surface area contributed by atoms with Gasteiger partial charge in [0.2, 0.25) is 0 Å². The number of thioether (sulfide) groups is 1. The Morgan fingerprint density at radius 1 is 1.33 bits per heavy atom. The number of rotatable bonds is 2. The summed E-state index contributed by atoms with van der Waals surface area (Å²) in [5.41, 5.74) is 7.98. The summed E-state index contributed by atoms with van der Waals surface area (Å²) in [7, 11) is 0. The van der Waals surface area contributed by atoms with Crippen molar-refractivity contribution in [2.75, 3.05) is 17.2 Å². The number of pyridine rings is 1. The van der Waals surface area contributed by atoms with Crippen molar-refractivity contribution in [2.45, 2.75) is 18.9 Å². The predicted octanol–water partition coefficient (Wildman–Crippen LogP) is 2.60.